The van der Waals surface area contributed by atoms with Crippen molar-refractivity contribution in [2.45, 2.75) is 46.6 Å². The second-order valence-electron chi connectivity index (χ2n) is 5.09. The first-order chi connectivity index (χ1) is 6.93. The van der Waals surface area contributed by atoms with Crippen molar-refractivity contribution in [3.63, 3.8) is 0 Å². The zero-order valence-corrected chi connectivity index (χ0v) is 10.2. The maximum Gasteiger partial charge on any atom is 0.222 e. The van der Waals surface area contributed by atoms with Crippen LogP contribution in [0.4, 0.5) is 0 Å². The number of nitrogens with one attached hydrogen (secondary N) is 1. The first-order valence-electron chi connectivity index (χ1n) is 5.42. The van der Waals surface area contributed by atoms with Crippen LogP contribution in [0.3, 0.4) is 0 Å². The van der Waals surface area contributed by atoms with E-state index in [1.54, 1.807) is 0 Å². The maximum atomic E-state index is 4.30. The van der Waals surface area contributed by atoms with Gasteiger partial charge in [0.25, 0.3) is 0 Å². The minimum absolute atomic E-state index is 0.162. The zero-order valence-electron chi connectivity index (χ0n) is 10.2. The van der Waals surface area contributed by atoms with E-state index in [0.29, 0.717) is 12.0 Å². The fourth-order valence-corrected chi connectivity index (χ4v) is 0.886. The van der Waals surface area contributed by atoms with Gasteiger partial charge in [0.2, 0.25) is 5.96 Å². The maximum absolute atomic E-state index is 4.30. The third kappa shape index (κ3) is 4.28. The summed E-state index contributed by atoms with van der Waals surface area (Å²) in [6.45, 7) is 12.1. The molecule has 1 aliphatic carbocycles. The molecule has 0 radical (unpaired) electrons. The molecule has 1 saturated carbocycles. The number of rotatable bonds is 2. The summed E-state index contributed by atoms with van der Waals surface area (Å²) in [6.07, 6.45) is 4.31. The van der Waals surface area contributed by atoms with Crippen LogP contribution < -0.4 is 5.32 Å². The van der Waals surface area contributed by atoms with Crippen molar-refractivity contribution in [2.24, 2.45) is 15.4 Å². The van der Waals surface area contributed by atoms with Gasteiger partial charge in [-0.15, -0.1) is 0 Å². The Balaban J connectivity index is 2.62. The molecule has 0 aromatic rings. The van der Waals surface area contributed by atoms with E-state index >= 15 is 0 Å². The average molecular weight is 207 g/mol. The van der Waals surface area contributed by atoms with Crippen molar-refractivity contribution in [3.8, 4) is 0 Å². The summed E-state index contributed by atoms with van der Waals surface area (Å²) < 4.78 is 0. The predicted octanol–water partition coefficient (Wildman–Crippen LogP) is 2.74. The molecular formula is C12H21N3. The van der Waals surface area contributed by atoms with Gasteiger partial charge in [0.1, 0.15) is 0 Å². The Bertz CT molecular complexity index is 290. The molecule has 15 heavy (non-hydrogen) atoms. The molecule has 0 saturated heterocycles. The minimum Gasteiger partial charge on any atom is -0.352 e. The molecule has 0 heterocycles. The first-order valence-corrected chi connectivity index (χ1v) is 5.42. The lowest BCUT2D eigenvalue weighted by Crippen LogP contribution is -2.23. The molecule has 0 amide bonds. The number of allylic oxidation sites excluding steroid dienone is 1. The van der Waals surface area contributed by atoms with Gasteiger partial charge in [-0.3, -0.25) is 0 Å². The molecule has 1 rings (SSSR count). The number of hydrogen-bond acceptors (Lipinski definition) is 1. The molecule has 0 bridgehead atoms. The Hall–Kier alpha value is -1.12. The van der Waals surface area contributed by atoms with Crippen LogP contribution in [-0.4, -0.2) is 18.7 Å². The minimum atomic E-state index is 0.162. The second kappa shape index (κ2) is 4.60. The molecule has 1 fully saturated rings. The van der Waals surface area contributed by atoms with Crippen LogP contribution in [-0.2, 0) is 0 Å². The number of guanidine groups is 1. The molecule has 0 aromatic carbocycles. The molecule has 1 aliphatic rings. The second-order valence-corrected chi connectivity index (χ2v) is 5.09. The van der Waals surface area contributed by atoms with Crippen LogP contribution >= 0.6 is 0 Å². The Morgan fingerprint density at radius 3 is 2.40 bits per heavy atom. The Morgan fingerprint density at radius 2 is 2.00 bits per heavy atom. The van der Waals surface area contributed by atoms with Gasteiger partial charge in [0.15, 0.2) is 0 Å². The topological polar surface area (TPSA) is 36.8 Å². The lowest BCUT2D eigenvalue weighted by Gasteiger charge is -2.18. The van der Waals surface area contributed by atoms with Crippen molar-refractivity contribution >= 4 is 12.7 Å². The fourth-order valence-electron chi connectivity index (χ4n) is 0.886. The highest BCUT2D eigenvalue weighted by molar-refractivity contribution is 5.85. The Kier molecular flexibility index (Phi) is 3.66. The van der Waals surface area contributed by atoms with E-state index in [0.717, 1.165) is 0 Å². The standard InChI is InChI=1S/C12H21N3/c1-9(12(2,3)4)8-14-11(13-5)15-10-6-7-10/h8,10H,5-7H2,1-4H3,(H,14,15)/b9-8+. The van der Waals surface area contributed by atoms with Crippen LogP contribution in [0, 0.1) is 5.41 Å². The number of aliphatic imine (C=N–C) groups is 2. The van der Waals surface area contributed by atoms with Gasteiger partial charge in [0, 0.05) is 12.2 Å². The lowest BCUT2D eigenvalue weighted by molar-refractivity contribution is 0.502. The van der Waals surface area contributed by atoms with Gasteiger partial charge in [-0.05, 0) is 37.5 Å². The van der Waals surface area contributed by atoms with Crippen LogP contribution in [0.25, 0.3) is 0 Å². The van der Waals surface area contributed by atoms with E-state index in [-0.39, 0.29) is 5.41 Å². The fraction of sp³-hybridized carbons (Fsp3) is 0.667. The van der Waals surface area contributed by atoms with Gasteiger partial charge in [-0.25, -0.2) is 9.98 Å². The van der Waals surface area contributed by atoms with Gasteiger partial charge in [-0.2, -0.15) is 0 Å². The third-order valence-electron chi connectivity index (χ3n) is 2.62. The molecule has 0 aliphatic heterocycles. The number of hydrogen-bond donors (Lipinski definition) is 1. The van der Waals surface area contributed by atoms with Crippen molar-refractivity contribution in [3.05, 3.63) is 11.8 Å². The molecule has 3 heteroatoms. The molecule has 0 unspecified atom stereocenters. The molecule has 3 nitrogen and oxygen atoms in total. The highest BCUT2D eigenvalue weighted by atomic mass is 15.1. The van der Waals surface area contributed by atoms with Gasteiger partial charge in [-0.1, -0.05) is 20.8 Å². The van der Waals surface area contributed by atoms with Gasteiger partial charge in [0.05, 0.1) is 0 Å². The largest absolute Gasteiger partial charge is 0.352 e. The monoisotopic (exact) mass is 207 g/mol. The third-order valence-corrected chi connectivity index (χ3v) is 2.62. The summed E-state index contributed by atoms with van der Waals surface area (Å²) in [4.78, 5) is 8.17. The molecule has 0 spiro atoms. The molecule has 84 valence electrons. The zero-order chi connectivity index (χ0) is 11.5. The van der Waals surface area contributed by atoms with E-state index in [1.807, 2.05) is 6.20 Å². The number of nitrogens with zero attached hydrogens (tertiary/aromatic N) is 2. The van der Waals surface area contributed by atoms with Gasteiger partial charge < -0.3 is 5.32 Å². The quantitative estimate of drug-likeness (QED) is 0.548. The summed E-state index contributed by atoms with van der Waals surface area (Å²) in [5.74, 6) is 0.640. The summed E-state index contributed by atoms with van der Waals surface area (Å²) in [5, 5.41) is 3.22. The summed E-state index contributed by atoms with van der Waals surface area (Å²) in [6, 6.07) is 0.567. The highest BCUT2D eigenvalue weighted by Gasteiger charge is 2.21. The highest BCUT2D eigenvalue weighted by Crippen LogP contribution is 2.24. The van der Waals surface area contributed by atoms with Crippen LogP contribution in [0.2, 0.25) is 0 Å². The molecule has 0 atom stereocenters. The molecular weight excluding hydrogens is 186 g/mol. The van der Waals surface area contributed by atoms with Crippen molar-refractivity contribution in [1.82, 2.24) is 5.32 Å². The van der Waals surface area contributed by atoms with E-state index in [9.17, 15) is 0 Å². The lowest BCUT2D eigenvalue weighted by atomic mass is 9.88. The smallest absolute Gasteiger partial charge is 0.222 e. The average Bonchev–Trinajstić information content (AvgIpc) is 2.93. The Labute approximate surface area is 92.4 Å². The van der Waals surface area contributed by atoms with E-state index in [4.69, 9.17) is 0 Å². The first kappa shape index (κ1) is 12.0. The van der Waals surface area contributed by atoms with Crippen LogP contribution in [0.5, 0.6) is 0 Å². The van der Waals surface area contributed by atoms with E-state index in [2.05, 4.69) is 49.7 Å². The van der Waals surface area contributed by atoms with Crippen molar-refractivity contribution in [1.29, 1.82) is 0 Å². The van der Waals surface area contributed by atoms with Crippen molar-refractivity contribution in [2.75, 3.05) is 0 Å². The van der Waals surface area contributed by atoms with Crippen LogP contribution in [0.15, 0.2) is 21.8 Å². The molecule has 1 N–H and O–H groups in total. The summed E-state index contributed by atoms with van der Waals surface area (Å²) in [7, 11) is 0. The van der Waals surface area contributed by atoms with E-state index < -0.39 is 0 Å². The van der Waals surface area contributed by atoms with Gasteiger partial charge >= 0.3 is 0 Å². The van der Waals surface area contributed by atoms with E-state index in [1.165, 1.54) is 18.4 Å². The van der Waals surface area contributed by atoms with Crippen molar-refractivity contribution < 1.29 is 0 Å². The normalized spacial score (nSPS) is 18.9. The predicted molar refractivity (Wildman–Crippen MR) is 66.4 cm³/mol. The SMILES string of the molecule is C=N/C(=N\C=C(/C)C(C)(C)C)NC1CC1. The van der Waals surface area contributed by atoms with Crippen LogP contribution in [0.1, 0.15) is 40.5 Å². The summed E-state index contributed by atoms with van der Waals surface area (Å²) >= 11 is 0. The Morgan fingerprint density at radius 1 is 1.40 bits per heavy atom. The summed E-state index contributed by atoms with van der Waals surface area (Å²) in [5.41, 5.74) is 1.40. The molecule has 0 aromatic heterocycles.